The third-order valence-corrected chi connectivity index (χ3v) is 3.19. The summed E-state index contributed by atoms with van der Waals surface area (Å²) in [6.45, 7) is 0. The van der Waals surface area contributed by atoms with Crippen LogP contribution < -0.4 is 4.74 Å². The van der Waals surface area contributed by atoms with Crippen LogP contribution in [0.2, 0.25) is 0 Å². The van der Waals surface area contributed by atoms with Gasteiger partial charge in [0.25, 0.3) is 0 Å². The van der Waals surface area contributed by atoms with Gasteiger partial charge in [-0.15, -0.1) is 11.3 Å². The summed E-state index contributed by atoms with van der Waals surface area (Å²) in [4.78, 5) is 12.5. The summed E-state index contributed by atoms with van der Waals surface area (Å²) in [7, 11) is 1.63. The minimum absolute atomic E-state index is 0.0378. The van der Waals surface area contributed by atoms with Crippen molar-refractivity contribution in [1.29, 1.82) is 0 Å². The minimum atomic E-state index is 0.0378. The topological polar surface area (TPSA) is 26.3 Å². The lowest BCUT2D eigenvalue weighted by molar-refractivity contribution is 0.105. The monoisotopic (exact) mass is 244 g/mol. The zero-order valence-electron chi connectivity index (χ0n) is 9.42. The standard InChI is InChI=1S/C14H12O2S/c1-16-12-7-4-11(5-8-12)6-9-13(15)14-3-2-10-17-14/h2-10H,1H3/b9-6+. The highest BCUT2D eigenvalue weighted by Gasteiger charge is 2.01. The summed E-state index contributed by atoms with van der Waals surface area (Å²) in [5, 5.41) is 1.90. The van der Waals surface area contributed by atoms with E-state index in [0.717, 1.165) is 16.2 Å². The number of benzene rings is 1. The molecule has 0 spiro atoms. The average Bonchev–Trinajstić information content (AvgIpc) is 2.90. The van der Waals surface area contributed by atoms with Crippen LogP contribution in [-0.4, -0.2) is 12.9 Å². The molecule has 0 aliphatic carbocycles. The van der Waals surface area contributed by atoms with Gasteiger partial charge in [-0.25, -0.2) is 0 Å². The highest BCUT2D eigenvalue weighted by Crippen LogP contribution is 2.14. The normalized spacial score (nSPS) is 10.6. The maximum Gasteiger partial charge on any atom is 0.195 e. The molecule has 0 atom stereocenters. The number of allylic oxidation sites excluding steroid dienone is 1. The molecule has 0 radical (unpaired) electrons. The van der Waals surface area contributed by atoms with Crippen molar-refractivity contribution in [3.05, 3.63) is 58.3 Å². The van der Waals surface area contributed by atoms with Crippen LogP contribution >= 0.6 is 11.3 Å². The molecule has 0 unspecified atom stereocenters. The summed E-state index contributed by atoms with van der Waals surface area (Å²) < 4.78 is 5.06. The van der Waals surface area contributed by atoms with E-state index in [0.29, 0.717) is 0 Å². The van der Waals surface area contributed by atoms with Gasteiger partial charge in [-0.05, 0) is 35.2 Å². The van der Waals surface area contributed by atoms with Crippen LogP contribution in [0, 0.1) is 0 Å². The average molecular weight is 244 g/mol. The molecule has 0 amide bonds. The molecule has 1 heterocycles. The number of carbonyl (C=O) groups excluding carboxylic acids is 1. The first-order chi connectivity index (χ1) is 8.29. The molecule has 0 aliphatic rings. The van der Waals surface area contributed by atoms with E-state index in [4.69, 9.17) is 4.74 Å². The van der Waals surface area contributed by atoms with Crippen LogP contribution in [0.3, 0.4) is 0 Å². The van der Waals surface area contributed by atoms with E-state index in [1.54, 1.807) is 13.2 Å². The van der Waals surface area contributed by atoms with Gasteiger partial charge in [-0.2, -0.15) is 0 Å². The lowest BCUT2D eigenvalue weighted by Crippen LogP contribution is -1.88. The fourth-order valence-corrected chi connectivity index (χ4v) is 2.03. The summed E-state index contributed by atoms with van der Waals surface area (Å²) in [6.07, 6.45) is 3.40. The van der Waals surface area contributed by atoms with Crippen molar-refractivity contribution >= 4 is 23.2 Å². The van der Waals surface area contributed by atoms with Gasteiger partial charge >= 0.3 is 0 Å². The van der Waals surface area contributed by atoms with Crippen molar-refractivity contribution in [2.45, 2.75) is 0 Å². The predicted octanol–water partition coefficient (Wildman–Crippen LogP) is 3.65. The van der Waals surface area contributed by atoms with Crippen LogP contribution in [0.5, 0.6) is 5.75 Å². The predicted molar refractivity (Wildman–Crippen MR) is 70.7 cm³/mol. The second-order valence-corrected chi connectivity index (χ2v) is 4.40. The second kappa shape index (κ2) is 5.46. The molecule has 2 aromatic rings. The van der Waals surface area contributed by atoms with Crippen molar-refractivity contribution in [3.8, 4) is 5.75 Å². The highest BCUT2D eigenvalue weighted by atomic mass is 32.1. The Bertz CT molecular complexity index is 510. The molecule has 17 heavy (non-hydrogen) atoms. The van der Waals surface area contributed by atoms with E-state index < -0.39 is 0 Å². The van der Waals surface area contributed by atoms with E-state index in [2.05, 4.69) is 0 Å². The van der Waals surface area contributed by atoms with Crippen molar-refractivity contribution in [3.63, 3.8) is 0 Å². The van der Waals surface area contributed by atoms with Crippen LogP contribution in [0.25, 0.3) is 6.08 Å². The summed E-state index contributed by atoms with van der Waals surface area (Å²) in [5.41, 5.74) is 0.982. The molecular formula is C14H12O2S. The number of ether oxygens (including phenoxy) is 1. The lowest BCUT2D eigenvalue weighted by atomic mass is 10.2. The summed E-state index contributed by atoms with van der Waals surface area (Å²) in [5.74, 6) is 0.850. The zero-order chi connectivity index (χ0) is 12.1. The molecule has 0 fully saturated rings. The first-order valence-electron chi connectivity index (χ1n) is 5.19. The molecule has 2 rings (SSSR count). The van der Waals surface area contributed by atoms with Crippen LogP contribution in [0.1, 0.15) is 15.2 Å². The number of hydrogen-bond acceptors (Lipinski definition) is 3. The minimum Gasteiger partial charge on any atom is -0.497 e. The number of ketones is 1. The molecule has 0 N–H and O–H groups in total. The van der Waals surface area contributed by atoms with Crippen molar-refractivity contribution in [2.75, 3.05) is 7.11 Å². The SMILES string of the molecule is COc1ccc(/C=C/C(=O)c2cccs2)cc1. The zero-order valence-corrected chi connectivity index (χ0v) is 10.2. The Balaban J connectivity index is 2.07. The van der Waals surface area contributed by atoms with Gasteiger partial charge in [-0.3, -0.25) is 4.79 Å². The third kappa shape index (κ3) is 3.04. The highest BCUT2D eigenvalue weighted by molar-refractivity contribution is 7.12. The van der Waals surface area contributed by atoms with Gasteiger partial charge < -0.3 is 4.74 Å². The molecule has 0 aliphatic heterocycles. The lowest BCUT2D eigenvalue weighted by Gasteiger charge is -1.98. The second-order valence-electron chi connectivity index (χ2n) is 3.45. The molecule has 0 bridgehead atoms. The fraction of sp³-hybridized carbons (Fsp3) is 0.0714. The molecule has 1 aromatic carbocycles. The van der Waals surface area contributed by atoms with E-state index >= 15 is 0 Å². The van der Waals surface area contributed by atoms with E-state index in [9.17, 15) is 4.79 Å². The molecule has 0 saturated carbocycles. The van der Waals surface area contributed by atoms with Gasteiger partial charge in [0.05, 0.1) is 12.0 Å². The van der Waals surface area contributed by atoms with Crippen molar-refractivity contribution in [2.24, 2.45) is 0 Å². The Labute approximate surface area is 104 Å². The van der Waals surface area contributed by atoms with Crippen LogP contribution in [-0.2, 0) is 0 Å². The van der Waals surface area contributed by atoms with Gasteiger partial charge in [0.2, 0.25) is 0 Å². The fourth-order valence-electron chi connectivity index (χ4n) is 1.39. The Morgan fingerprint density at radius 2 is 2.00 bits per heavy atom. The Morgan fingerprint density at radius 1 is 1.24 bits per heavy atom. The quantitative estimate of drug-likeness (QED) is 0.606. The van der Waals surface area contributed by atoms with Gasteiger partial charge in [-0.1, -0.05) is 24.3 Å². The summed E-state index contributed by atoms with van der Waals surface area (Å²) in [6, 6.07) is 11.3. The van der Waals surface area contributed by atoms with Crippen LogP contribution in [0.4, 0.5) is 0 Å². The number of thiophene rings is 1. The first kappa shape index (κ1) is 11.6. The molecule has 3 heteroatoms. The Morgan fingerprint density at radius 3 is 2.59 bits per heavy atom. The number of carbonyl (C=O) groups is 1. The first-order valence-corrected chi connectivity index (χ1v) is 6.07. The van der Waals surface area contributed by atoms with E-state index in [-0.39, 0.29) is 5.78 Å². The molecule has 2 nitrogen and oxygen atoms in total. The van der Waals surface area contributed by atoms with Gasteiger partial charge in [0.15, 0.2) is 5.78 Å². The number of hydrogen-bond donors (Lipinski definition) is 0. The van der Waals surface area contributed by atoms with Crippen LogP contribution in [0.15, 0.2) is 47.9 Å². The Hall–Kier alpha value is -1.87. The Kier molecular flexibility index (Phi) is 3.73. The number of methoxy groups -OCH3 is 1. The molecule has 0 saturated heterocycles. The largest absolute Gasteiger partial charge is 0.497 e. The van der Waals surface area contributed by atoms with Crippen molar-refractivity contribution < 1.29 is 9.53 Å². The van der Waals surface area contributed by atoms with Gasteiger partial charge in [0, 0.05) is 0 Å². The summed E-state index contributed by atoms with van der Waals surface area (Å²) >= 11 is 1.45. The van der Waals surface area contributed by atoms with E-state index in [1.807, 2.05) is 47.9 Å². The molecule has 86 valence electrons. The smallest absolute Gasteiger partial charge is 0.195 e. The van der Waals surface area contributed by atoms with E-state index in [1.165, 1.54) is 11.3 Å². The third-order valence-electron chi connectivity index (χ3n) is 2.31. The van der Waals surface area contributed by atoms with Crippen molar-refractivity contribution in [1.82, 2.24) is 0 Å². The maximum atomic E-state index is 11.7. The number of rotatable bonds is 4. The molecular weight excluding hydrogens is 232 g/mol. The molecule has 1 aromatic heterocycles. The van der Waals surface area contributed by atoms with Gasteiger partial charge in [0.1, 0.15) is 5.75 Å². The maximum absolute atomic E-state index is 11.7.